The molecule has 0 aromatic carbocycles. The molecule has 1 aliphatic heterocycles. The van der Waals surface area contributed by atoms with Crippen molar-refractivity contribution < 1.29 is 14.3 Å². The predicted molar refractivity (Wildman–Crippen MR) is 190 cm³/mol. The van der Waals surface area contributed by atoms with Crippen LogP contribution in [0.5, 0.6) is 0 Å². The Labute approximate surface area is 275 Å². The third kappa shape index (κ3) is 23.3. The lowest BCUT2D eigenvalue weighted by atomic mass is 10.1. The minimum Gasteiger partial charge on any atom is -0.379 e. The van der Waals surface area contributed by atoms with Crippen molar-refractivity contribution in [2.24, 2.45) is 0 Å². The monoisotopic (exact) mass is 621 g/mol. The van der Waals surface area contributed by atoms with Gasteiger partial charge in [-0.1, -0.05) is 162 Å². The summed E-state index contributed by atoms with van der Waals surface area (Å²) < 4.78 is 12.3. The maximum atomic E-state index is 13.0. The van der Waals surface area contributed by atoms with Gasteiger partial charge in [-0.2, -0.15) is 0 Å². The molecular weight excluding hydrogens is 544 g/mol. The van der Waals surface area contributed by atoms with Gasteiger partial charge in [0, 0.05) is 32.0 Å². The number of allylic oxidation sites excluding steroid dienone is 1. The smallest absolute Gasteiger partial charge is 0.242 e. The molecule has 0 saturated carbocycles. The van der Waals surface area contributed by atoms with Crippen LogP contribution in [0.15, 0.2) is 12.3 Å². The molecule has 2 unspecified atom stereocenters. The van der Waals surface area contributed by atoms with E-state index in [-0.39, 0.29) is 18.1 Å². The molecule has 1 amide bonds. The van der Waals surface area contributed by atoms with Crippen molar-refractivity contribution >= 4 is 5.91 Å². The molecule has 0 radical (unpaired) electrons. The van der Waals surface area contributed by atoms with Gasteiger partial charge in [0.05, 0.1) is 12.7 Å². The van der Waals surface area contributed by atoms with Gasteiger partial charge in [0.25, 0.3) is 0 Å². The summed E-state index contributed by atoms with van der Waals surface area (Å²) in [5.41, 5.74) is 0.980. The van der Waals surface area contributed by atoms with Crippen LogP contribution in [0.25, 0.3) is 0 Å². The van der Waals surface area contributed by atoms with E-state index in [9.17, 15) is 4.79 Å². The van der Waals surface area contributed by atoms with Gasteiger partial charge in [-0.25, -0.2) is 0 Å². The van der Waals surface area contributed by atoms with Crippen LogP contribution in [-0.4, -0.2) is 55.9 Å². The lowest BCUT2D eigenvalue weighted by molar-refractivity contribution is -0.126. The molecule has 2 atom stereocenters. The Morgan fingerprint density at radius 1 is 0.705 bits per heavy atom. The van der Waals surface area contributed by atoms with E-state index in [1.165, 1.54) is 141 Å². The summed E-state index contributed by atoms with van der Waals surface area (Å²) >= 11 is 0. The Balaban J connectivity index is 2.19. The molecule has 5 heteroatoms. The fraction of sp³-hybridized carbons (Fsp3) is 0.923. The number of unbranched alkanes of at least 4 members (excludes halogenated alkanes) is 22. The van der Waals surface area contributed by atoms with Crippen molar-refractivity contribution in [3.05, 3.63) is 12.3 Å². The SMILES string of the molecule is C=C(C)N1CCCC1C(=O)NCC(COCCCCCCCCCCCCCC)OCCCCCCCCCCCCCC. The van der Waals surface area contributed by atoms with Crippen LogP contribution in [-0.2, 0) is 14.3 Å². The highest BCUT2D eigenvalue weighted by atomic mass is 16.5. The Hall–Kier alpha value is -1.07. The van der Waals surface area contributed by atoms with E-state index in [1.54, 1.807) is 0 Å². The van der Waals surface area contributed by atoms with Crippen molar-refractivity contribution in [1.29, 1.82) is 0 Å². The third-order valence-electron chi connectivity index (χ3n) is 9.35. The maximum absolute atomic E-state index is 13.0. The zero-order valence-corrected chi connectivity index (χ0v) is 30.0. The first kappa shape index (κ1) is 41.0. The van der Waals surface area contributed by atoms with Gasteiger partial charge in [-0.3, -0.25) is 4.79 Å². The number of nitrogens with one attached hydrogen (secondary N) is 1. The molecule has 1 heterocycles. The van der Waals surface area contributed by atoms with Gasteiger partial charge >= 0.3 is 0 Å². The molecule has 0 aromatic heterocycles. The predicted octanol–water partition coefficient (Wildman–Crippen LogP) is 10.9. The highest BCUT2D eigenvalue weighted by Gasteiger charge is 2.30. The molecule has 1 N–H and O–H groups in total. The molecular formula is C39H76N2O3. The number of nitrogens with zero attached hydrogens (tertiary/aromatic N) is 1. The molecule has 0 spiro atoms. The summed E-state index contributed by atoms with van der Waals surface area (Å²) in [6, 6.07) is -0.0912. The number of carbonyl (C=O) groups excluding carboxylic acids is 1. The molecule has 0 aromatic rings. The van der Waals surface area contributed by atoms with Crippen LogP contribution in [0.2, 0.25) is 0 Å². The Bertz CT molecular complexity index is 655. The van der Waals surface area contributed by atoms with Gasteiger partial charge in [-0.15, -0.1) is 0 Å². The second-order valence-corrected chi connectivity index (χ2v) is 13.7. The quantitative estimate of drug-likeness (QED) is 0.0742. The highest BCUT2D eigenvalue weighted by molar-refractivity contribution is 5.82. The topological polar surface area (TPSA) is 50.8 Å². The number of hydrogen-bond acceptors (Lipinski definition) is 4. The largest absolute Gasteiger partial charge is 0.379 e. The van der Waals surface area contributed by atoms with Crippen LogP contribution in [0.3, 0.4) is 0 Å². The average molecular weight is 621 g/mol. The van der Waals surface area contributed by atoms with Crippen LogP contribution in [0, 0.1) is 0 Å². The van der Waals surface area contributed by atoms with E-state index in [1.807, 2.05) is 6.92 Å². The summed E-state index contributed by atoms with van der Waals surface area (Å²) in [5, 5.41) is 3.18. The standard InChI is InChI=1S/C39H76N2O3/c1-5-7-9-11-13-15-17-19-21-23-25-27-32-43-35-37(34-40-39(42)38-30-29-31-41(38)36(3)4)44-33-28-26-24-22-20-18-16-14-12-10-8-6-2/h37-38H,3,5-35H2,1-2,4H3,(H,40,42). The molecule has 1 fully saturated rings. The minimum absolute atomic E-state index is 0.0799. The summed E-state index contributed by atoms with van der Waals surface area (Å²) in [6.45, 7) is 14.2. The Morgan fingerprint density at radius 3 is 1.59 bits per heavy atom. The Kier molecular flexibility index (Phi) is 28.5. The van der Waals surface area contributed by atoms with Crippen molar-refractivity contribution in [2.45, 2.75) is 200 Å². The van der Waals surface area contributed by atoms with E-state index in [4.69, 9.17) is 9.47 Å². The first-order chi connectivity index (χ1) is 21.6. The van der Waals surface area contributed by atoms with Gasteiger partial charge < -0.3 is 19.7 Å². The van der Waals surface area contributed by atoms with Crippen LogP contribution < -0.4 is 5.32 Å². The average Bonchev–Trinajstić information content (AvgIpc) is 3.52. The maximum Gasteiger partial charge on any atom is 0.242 e. The van der Waals surface area contributed by atoms with Gasteiger partial charge in [0.2, 0.25) is 5.91 Å². The molecule has 1 saturated heterocycles. The van der Waals surface area contributed by atoms with E-state index in [0.717, 1.165) is 51.1 Å². The molecule has 1 rings (SSSR count). The lowest BCUT2D eigenvalue weighted by Crippen LogP contribution is -2.45. The zero-order valence-electron chi connectivity index (χ0n) is 30.0. The van der Waals surface area contributed by atoms with Crippen LogP contribution >= 0.6 is 0 Å². The van der Waals surface area contributed by atoms with Crippen molar-refractivity contribution in [2.75, 3.05) is 32.9 Å². The molecule has 260 valence electrons. The number of likely N-dealkylation sites (tertiary alicyclic amines) is 1. The molecule has 0 aliphatic carbocycles. The molecule has 5 nitrogen and oxygen atoms in total. The van der Waals surface area contributed by atoms with E-state index in [0.29, 0.717) is 13.2 Å². The van der Waals surface area contributed by atoms with E-state index in [2.05, 4.69) is 30.6 Å². The Morgan fingerprint density at radius 2 is 1.14 bits per heavy atom. The summed E-state index contributed by atoms with van der Waals surface area (Å²) in [5.74, 6) is 0.102. The van der Waals surface area contributed by atoms with Crippen molar-refractivity contribution in [3.63, 3.8) is 0 Å². The second-order valence-electron chi connectivity index (χ2n) is 13.7. The fourth-order valence-corrected chi connectivity index (χ4v) is 6.45. The van der Waals surface area contributed by atoms with E-state index < -0.39 is 0 Å². The summed E-state index contributed by atoms with van der Waals surface area (Å²) in [6.07, 6.45) is 34.2. The highest BCUT2D eigenvalue weighted by Crippen LogP contribution is 2.21. The lowest BCUT2D eigenvalue weighted by Gasteiger charge is -2.27. The van der Waals surface area contributed by atoms with Gasteiger partial charge in [-0.05, 0) is 32.6 Å². The van der Waals surface area contributed by atoms with Crippen LogP contribution in [0.1, 0.15) is 188 Å². The second kappa shape index (κ2) is 30.6. The first-order valence-electron chi connectivity index (χ1n) is 19.5. The van der Waals surface area contributed by atoms with E-state index >= 15 is 0 Å². The number of hydrogen-bond donors (Lipinski definition) is 1. The number of carbonyl (C=O) groups is 1. The molecule has 1 aliphatic rings. The molecule has 0 bridgehead atoms. The number of ether oxygens (including phenoxy) is 2. The minimum atomic E-state index is -0.0912. The third-order valence-corrected chi connectivity index (χ3v) is 9.35. The summed E-state index contributed by atoms with van der Waals surface area (Å²) in [7, 11) is 0. The fourth-order valence-electron chi connectivity index (χ4n) is 6.45. The first-order valence-corrected chi connectivity index (χ1v) is 19.5. The normalized spacial score (nSPS) is 15.6. The van der Waals surface area contributed by atoms with Crippen LogP contribution in [0.4, 0.5) is 0 Å². The van der Waals surface area contributed by atoms with Gasteiger partial charge in [0.1, 0.15) is 6.04 Å². The zero-order chi connectivity index (χ0) is 31.9. The number of amides is 1. The van der Waals surface area contributed by atoms with Crippen molar-refractivity contribution in [3.8, 4) is 0 Å². The molecule has 44 heavy (non-hydrogen) atoms. The summed E-state index contributed by atoms with van der Waals surface area (Å²) in [4.78, 5) is 15.1. The van der Waals surface area contributed by atoms with Crippen molar-refractivity contribution in [1.82, 2.24) is 10.2 Å². The van der Waals surface area contributed by atoms with Gasteiger partial charge in [0.15, 0.2) is 0 Å². The number of rotatable bonds is 33.